The van der Waals surface area contributed by atoms with E-state index in [0.29, 0.717) is 0 Å². The minimum absolute atomic E-state index is 0.229. The minimum Gasteiger partial charge on any atom is -0.325 e. The summed E-state index contributed by atoms with van der Waals surface area (Å²) in [4.78, 5) is 10.5. The number of nitro benzene ring substituents is 1. The Kier molecular flexibility index (Phi) is 2.57. The number of hydrogen-bond donors (Lipinski definition) is 1. The first-order valence-corrected chi connectivity index (χ1v) is 4.44. The number of quaternary nitrogens is 1. The molecule has 1 aromatic carbocycles. The Labute approximate surface area is 82.9 Å². The number of nitrogens with zero attached hydrogens (tertiary/aromatic N) is 1. The highest BCUT2D eigenvalue weighted by Gasteiger charge is 2.22. The molecule has 4 heteroatoms. The van der Waals surface area contributed by atoms with E-state index in [9.17, 15) is 10.1 Å². The molecule has 0 saturated carbocycles. The first kappa shape index (κ1) is 10.7. The van der Waals surface area contributed by atoms with Gasteiger partial charge < -0.3 is 5.73 Å². The molecule has 0 fully saturated rings. The Balaban J connectivity index is 3.68. The molecule has 1 rings (SSSR count). The SMILES string of the molecule is Cc1c(C)c([N+](=O)[O-])c(C)c(C)c1[NH3+]. The third kappa shape index (κ3) is 1.37. The summed E-state index contributed by atoms with van der Waals surface area (Å²) in [6, 6.07) is 0. The summed E-state index contributed by atoms with van der Waals surface area (Å²) in [6.45, 7) is 7.29. The summed E-state index contributed by atoms with van der Waals surface area (Å²) in [5.74, 6) is 0. The average Bonchev–Trinajstić information content (AvgIpc) is 2.11. The fourth-order valence-electron chi connectivity index (χ4n) is 1.64. The van der Waals surface area contributed by atoms with Crippen LogP contribution in [0.15, 0.2) is 0 Å². The van der Waals surface area contributed by atoms with E-state index >= 15 is 0 Å². The normalized spacial score (nSPS) is 10.4. The van der Waals surface area contributed by atoms with E-state index in [1.54, 1.807) is 13.8 Å². The topological polar surface area (TPSA) is 70.8 Å². The fraction of sp³-hybridized carbons (Fsp3) is 0.400. The Morgan fingerprint density at radius 2 is 1.36 bits per heavy atom. The summed E-state index contributed by atoms with van der Waals surface area (Å²) in [7, 11) is 0. The highest BCUT2D eigenvalue weighted by molar-refractivity contribution is 5.63. The average molecular weight is 195 g/mol. The monoisotopic (exact) mass is 195 g/mol. The van der Waals surface area contributed by atoms with Gasteiger partial charge in [-0.05, 0) is 27.7 Å². The van der Waals surface area contributed by atoms with Crippen LogP contribution in [0.3, 0.4) is 0 Å². The smallest absolute Gasteiger partial charge is 0.276 e. The van der Waals surface area contributed by atoms with Crippen LogP contribution < -0.4 is 5.73 Å². The van der Waals surface area contributed by atoms with Gasteiger partial charge in [0.2, 0.25) is 0 Å². The largest absolute Gasteiger partial charge is 0.325 e. The maximum atomic E-state index is 10.8. The molecular weight excluding hydrogens is 180 g/mol. The molecule has 0 unspecified atom stereocenters. The van der Waals surface area contributed by atoms with E-state index in [-0.39, 0.29) is 10.6 Å². The van der Waals surface area contributed by atoms with Crippen molar-refractivity contribution in [1.29, 1.82) is 0 Å². The number of nitro groups is 1. The zero-order chi connectivity index (χ0) is 11.0. The predicted octanol–water partition coefficient (Wildman–Crippen LogP) is 1.70. The summed E-state index contributed by atoms with van der Waals surface area (Å²) >= 11 is 0. The first-order valence-electron chi connectivity index (χ1n) is 4.44. The van der Waals surface area contributed by atoms with Gasteiger partial charge in [-0.1, -0.05) is 0 Å². The highest BCUT2D eigenvalue weighted by Crippen LogP contribution is 2.32. The van der Waals surface area contributed by atoms with Crippen molar-refractivity contribution in [1.82, 2.24) is 0 Å². The lowest BCUT2D eigenvalue weighted by molar-refractivity contribution is -0.386. The van der Waals surface area contributed by atoms with Crippen molar-refractivity contribution >= 4 is 11.4 Å². The fourth-order valence-corrected chi connectivity index (χ4v) is 1.64. The van der Waals surface area contributed by atoms with E-state index in [4.69, 9.17) is 0 Å². The van der Waals surface area contributed by atoms with E-state index in [2.05, 4.69) is 5.73 Å². The Morgan fingerprint density at radius 1 is 1.00 bits per heavy atom. The molecule has 3 N–H and O–H groups in total. The molecule has 0 aliphatic rings. The second-order valence-electron chi connectivity index (χ2n) is 3.58. The molecule has 1 aromatic rings. The third-order valence-electron chi connectivity index (χ3n) is 2.92. The molecule has 0 heterocycles. The summed E-state index contributed by atoms with van der Waals surface area (Å²) in [5, 5.41) is 10.8. The maximum absolute atomic E-state index is 10.8. The van der Waals surface area contributed by atoms with Gasteiger partial charge in [0.15, 0.2) is 0 Å². The second kappa shape index (κ2) is 3.38. The van der Waals surface area contributed by atoms with Gasteiger partial charge in [0, 0.05) is 22.3 Å². The van der Waals surface area contributed by atoms with E-state index < -0.39 is 0 Å². The van der Waals surface area contributed by atoms with Gasteiger partial charge in [-0.3, -0.25) is 10.1 Å². The third-order valence-corrected chi connectivity index (χ3v) is 2.92. The van der Waals surface area contributed by atoms with Crippen molar-refractivity contribution in [2.45, 2.75) is 27.7 Å². The van der Waals surface area contributed by atoms with Crippen LogP contribution in [-0.2, 0) is 0 Å². The summed E-state index contributed by atoms with van der Waals surface area (Å²) in [6.07, 6.45) is 0. The zero-order valence-corrected chi connectivity index (χ0v) is 8.97. The quantitative estimate of drug-likeness (QED) is 0.547. The van der Waals surface area contributed by atoms with Crippen molar-refractivity contribution in [3.63, 3.8) is 0 Å². The molecule has 0 atom stereocenters. The van der Waals surface area contributed by atoms with Crippen molar-refractivity contribution in [3.8, 4) is 0 Å². The molecule has 0 amide bonds. The van der Waals surface area contributed by atoms with Crippen LogP contribution in [0.5, 0.6) is 0 Å². The molecular formula is C10H15N2O2+. The van der Waals surface area contributed by atoms with E-state index in [1.165, 1.54) is 0 Å². The second-order valence-corrected chi connectivity index (χ2v) is 3.58. The van der Waals surface area contributed by atoms with Gasteiger partial charge in [0.05, 0.1) is 4.92 Å². The molecule has 0 radical (unpaired) electrons. The molecule has 0 bridgehead atoms. The van der Waals surface area contributed by atoms with E-state index in [0.717, 1.165) is 27.9 Å². The van der Waals surface area contributed by atoms with Crippen molar-refractivity contribution in [3.05, 3.63) is 32.4 Å². The van der Waals surface area contributed by atoms with Crippen LogP contribution in [-0.4, -0.2) is 4.92 Å². The predicted molar refractivity (Wildman–Crippen MR) is 54.6 cm³/mol. The van der Waals surface area contributed by atoms with Crippen LogP contribution in [0.4, 0.5) is 11.4 Å². The van der Waals surface area contributed by atoms with Crippen molar-refractivity contribution in [2.75, 3.05) is 0 Å². The Hall–Kier alpha value is -1.42. The van der Waals surface area contributed by atoms with Crippen molar-refractivity contribution < 1.29 is 10.7 Å². The van der Waals surface area contributed by atoms with Gasteiger partial charge in [-0.2, -0.15) is 0 Å². The molecule has 0 saturated heterocycles. The minimum atomic E-state index is -0.315. The lowest BCUT2D eigenvalue weighted by atomic mass is 9.96. The molecule has 0 aliphatic carbocycles. The van der Waals surface area contributed by atoms with Gasteiger partial charge in [0.25, 0.3) is 5.69 Å². The van der Waals surface area contributed by atoms with Crippen LogP contribution in [0.2, 0.25) is 0 Å². The van der Waals surface area contributed by atoms with Crippen LogP contribution in [0, 0.1) is 37.8 Å². The molecule has 0 aromatic heterocycles. The number of hydrogen-bond acceptors (Lipinski definition) is 2. The number of rotatable bonds is 1. The zero-order valence-electron chi connectivity index (χ0n) is 8.97. The molecule has 76 valence electrons. The Bertz CT molecular complexity index is 382. The summed E-state index contributed by atoms with van der Waals surface area (Å²) in [5.41, 5.74) is 8.34. The molecule has 0 aliphatic heterocycles. The van der Waals surface area contributed by atoms with Gasteiger partial charge in [-0.15, -0.1) is 0 Å². The molecule has 0 spiro atoms. The summed E-state index contributed by atoms with van der Waals surface area (Å²) < 4.78 is 0. The van der Waals surface area contributed by atoms with Crippen LogP contribution in [0.1, 0.15) is 22.3 Å². The lowest BCUT2D eigenvalue weighted by Gasteiger charge is -2.09. The standard InChI is InChI=1S/C10H14N2O2/c1-5-7(3)10(12(13)14)8(4)6(2)9(5)11/h11H2,1-4H3/p+1. The van der Waals surface area contributed by atoms with Gasteiger partial charge in [-0.25, -0.2) is 0 Å². The molecule has 14 heavy (non-hydrogen) atoms. The highest BCUT2D eigenvalue weighted by atomic mass is 16.6. The van der Waals surface area contributed by atoms with E-state index in [1.807, 2.05) is 13.8 Å². The van der Waals surface area contributed by atoms with Crippen LogP contribution in [0.25, 0.3) is 0 Å². The lowest BCUT2D eigenvalue weighted by Crippen LogP contribution is -2.42. The van der Waals surface area contributed by atoms with Crippen molar-refractivity contribution in [2.24, 2.45) is 0 Å². The maximum Gasteiger partial charge on any atom is 0.276 e. The van der Waals surface area contributed by atoms with Crippen LogP contribution >= 0.6 is 0 Å². The van der Waals surface area contributed by atoms with Gasteiger partial charge in [0.1, 0.15) is 5.69 Å². The Morgan fingerprint density at radius 3 is 1.64 bits per heavy atom. The number of benzene rings is 1. The molecule has 4 nitrogen and oxygen atoms in total. The van der Waals surface area contributed by atoms with Gasteiger partial charge >= 0.3 is 0 Å². The first-order chi connectivity index (χ1) is 6.37.